The van der Waals surface area contributed by atoms with Gasteiger partial charge in [-0.1, -0.05) is 67.6 Å². The van der Waals surface area contributed by atoms with Gasteiger partial charge >= 0.3 is 0 Å². The van der Waals surface area contributed by atoms with E-state index in [0.717, 1.165) is 16.8 Å². The lowest BCUT2D eigenvalue weighted by molar-refractivity contribution is -0.118. The van der Waals surface area contributed by atoms with Gasteiger partial charge < -0.3 is 5.32 Å². The highest BCUT2D eigenvalue weighted by Gasteiger charge is 2.29. The first-order valence-electron chi connectivity index (χ1n) is 6.88. The Morgan fingerprint density at radius 3 is 2.15 bits per heavy atom. The van der Waals surface area contributed by atoms with E-state index in [1.54, 1.807) is 6.08 Å². The first-order chi connectivity index (χ1) is 9.75. The number of ketones is 1. The maximum Gasteiger partial charge on any atom is 0.162 e. The Labute approximate surface area is 119 Å². The summed E-state index contributed by atoms with van der Waals surface area (Å²) in [6, 6.07) is 20.2. The van der Waals surface area contributed by atoms with Crippen molar-refractivity contribution < 1.29 is 4.79 Å². The van der Waals surface area contributed by atoms with E-state index in [-0.39, 0.29) is 17.7 Å². The first-order valence-corrected chi connectivity index (χ1v) is 6.88. The predicted octanol–water partition coefficient (Wildman–Crippen LogP) is 3.58. The van der Waals surface area contributed by atoms with Gasteiger partial charge in [-0.05, 0) is 11.1 Å². The molecular weight excluding hydrogens is 246 g/mol. The summed E-state index contributed by atoms with van der Waals surface area (Å²) < 4.78 is 0. The molecule has 0 aliphatic carbocycles. The van der Waals surface area contributed by atoms with Crippen molar-refractivity contribution in [1.29, 1.82) is 0 Å². The summed E-state index contributed by atoms with van der Waals surface area (Å²) in [5.41, 5.74) is 3.10. The van der Waals surface area contributed by atoms with E-state index in [2.05, 4.69) is 17.4 Å². The van der Waals surface area contributed by atoms with Crippen LogP contribution in [-0.4, -0.2) is 5.78 Å². The first kappa shape index (κ1) is 12.7. The molecule has 2 aromatic carbocycles. The minimum absolute atomic E-state index is 0.0314. The van der Waals surface area contributed by atoms with Gasteiger partial charge in [-0.15, -0.1) is 0 Å². The summed E-state index contributed by atoms with van der Waals surface area (Å²) in [5.74, 6) is 0.126. The summed E-state index contributed by atoms with van der Waals surface area (Å²) in [7, 11) is 0. The van der Waals surface area contributed by atoms with Crippen LogP contribution in [0.4, 0.5) is 0 Å². The van der Waals surface area contributed by atoms with Crippen molar-refractivity contribution in [3.05, 3.63) is 77.9 Å². The molecule has 0 spiro atoms. The van der Waals surface area contributed by atoms with Gasteiger partial charge in [0.1, 0.15) is 0 Å². The average Bonchev–Trinajstić information content (AvgIpc) is 2.51. The van der Waals surface area contributed by atoms with Gasteiger partial charge in [0.25, 0.3) is 0 Å². The van der Waals surface area contributed by atoms with Crippen LogP contribution >= 0.6 is 0 Å². The molecule has 2 nitrogen and oxygen atoms in total. The molecule has 0 bridgehead atoms. The Hall–Kier alpha value is -2.35. The molecule has 0 radical (unpaired) electrons. The van der Waals surface area contributed by atoms with E-state index >= 15 is 0 Å². The number of nitrogens with one attached hydrogen (secondary N) is 1. The Bertz CT molecular complexity index is 631. The second kappa shape index (κ2) is 5.33. The number of carbonyl (C=O) groups is 1. The lowest BCUT2D eigenvalue weighted by Gasteiger charge is -2.30. The molecule has 1 N–H and O–H groups in total. The largest absolute Gasteiger partial charge is 0.377 e. The Balaban J connectivity index is 1.96. The Morgan fingerprint density at radius 2 is 1.50 bits per heavy atom. The van der Waals surface area contributed by atoms with Crippen LogP contribution in [0.15, 0.2) is 66.7 Å². The fraction of sp³-hybridized carbons (Fsp3) is 0.167. The Morgan fingerprint density at radius 1 is 0.900 bits per heavy atom. The van der Waals surface area contributed by atoms with E-state index in [1.807, 2.05) is 55.5 Å². The topological polar surface area (TPSA) is 29.1 Å². The molecular formula is C18H17NO. The molecule has 0 saturated heterocycles. The van der Waals surface area contributed by atoms with E-state index in [9.17, 15) is 4.79 Å². The van der Waals surface area contributed by atoms with Crippen molar-refractivity contribution in [3.8, 4) is 0 Å². The molecule has 1 aliphatic rings. The van der Waals surface area contributed by atoms with Crippen LogP contribution in [0.1, 0.15) is 24.1 Å². The number of benzene rings is 2. The van der Waals surface area contributed by atoms with E-state index in [4.69, 9.17) is 0 Å². The minimum atomic E-state index is -0.0511. The zero-order valence-electron chi connectivity index (χ0n) is 11.4. The quantitative estimate of drug-likeness (QED) is 0.897. The Kier molecular flexibility index (Phi) is 3.38. The van der Waals surface area contributed by atoms with Gasteiger partial charge in [0.15, 0.2) is 5.78 Å². The number of allylic oxidation sites excluding steroid dienone is 1. The molecule has 0 amide bonds. The second-order valence-electron chi connectivity index (χ2n) is 5.15. The smallest absolute Gasteiger partial charge is 0.162 e. The molecule has 20 heavy (non-hydrogen) atoms. The molecule has 2 heteroatoms. The maximum atomic E-state index is 12.2. The molecule has 0 aromatic heterocycles. The van der Waals surface area contributed by atoms with Crippen molar-refractivity contribution in [2.75, 3.05) is 0 Å². The van der Waals surface area contributed by atoms with Gasteiger partial charge in [-0.3, -0.25) is 4.79 Å². The second-order valence-corrected chi connectivity index (χ2v) is 5.15. The molecule has 0 unspecified atom stereocenters. The zero-order valence-corrected chi connectivity index (χ0v) is 11.4. The summed E-state index contributed by atoms with van der Waals surface area (Å²) in [6.07, 6.45) is 1.72. The number of rotatable bonds is 2. The summed E-state index contributed by atoms with van der Waals surface area (Å²) >= 11 is 0. The van der Waals surface area contributed by atoms with Crippen LogP contribution in [0.5, 0.6) is 0 Å². The predicted molar refractivity (Wildman–Crippen MR) is 80.9 cm³/mol. The van der Waals surface area contributed by atoms with Gasteiger partial charge in [0.05, 0.1) is 6.04 Å². The van der Waals surface area contributed by atoms with Crippen molar-refractivity contribution in [2.45, 2.75) is 13.0 Å². The third kappa shape index (κ3) is 2.37. The highest BCUT2D eigenvalue weighted by molar-refractivity contribution is 6.00. The molecule has 0 saturated carbocycles. The SMILES string of the molecule is C[C@H]1C(=O)C=C(c2ccccc2)N[C@H]1c1ccccc1. The zero-order chi connectivity index (χ0) is 13.9. The fourth-order valence-corrected chi connectivity index (χ4v) is 2.59. The van der Waals surface area contributed by atoms with Crippen LogP contribution in [-0.2, 0) is 4.79 Å². The minimum Gasteiger partial charge on any atom is -0.377 e. The van der Waals surface area contributed by atoms with E-state index < -0.39 is 0 Å². The van der Waals surface area contributed by atoms with Crippen LogP contribution in [0.25, 0.3) is 5.70 Å². The van der Waals surface area contributed by atoms with Gasteiger partial charge in [-0.2, -0.15) is 0 Å². The molecule has 1 aliphatic heterocycles. The number of hydrogen-bond acceptors (Lipinski definition) is 2. The monoisotopic (exact) mass is 263 g/mol. The van der Waals surface area contributed by atoms with Crippen LogP contribution in [0.3, 0.4) is 0 Å². The lowest BCUT2D eigenvalue weighted by atomic mass is 9.87. The molecule has 3 rings (SSSR count). The van der Waals surface area contributed by atoms with E-state index in [0.29, 0.717) is 0 Å². The van der Waals surface area contributed by atoms with Crippen molar-refractivity contribution in [1.82, 2.24) is 5.32 Å². The van der Waals surface area contributed by atoms with Crippen molar-refractivity contribution in [3.63, 3.8) is 0 Å². The van der Waals surface area contributed by atoms with Crippen LogP contribution in [0, 0.1) is 5.92 Å². The van der Waals surface area contributed by atoms with Gasteiger partial charge in [0, 0.05) is 17.7 Å². The standard InChI is InChI=1S/C18H17NO/c1-13-17(20)12-16(14-8-4-2-5-9-14)19-18(13)15-10-6-3-7-11-15/h2-13,18-19H,1H3/t13-,18+/m0/s1. The molecule has 0 fully saturated rings. The van der Waals surface area contributed by atoms with Gasteiger partial charge in [-0.25, -0.2) is 0 Å². The molecule has 100 valence electrons. The maximum absolute atomic E-state index is 12.2. The molecule has 2 atom stereocenters. The summed E-state index contributed by atoms with van der Waals surface area (Å²) in [5, 5.41) is 3.51. The van der Waals surface area contributed by atoms with Gasteiger partial charge in [0.2, 0.25) is 0 Å². The third-order valence-corrected chi connectivity index (χ3v) is 3.79. The lowest BCUT2D eigenvalue weighted by Crippen LogP contribution is -2.34. The molecule has 2 aromatic rings. The normalized spacial score (nSPS) is 22.1. The summed E-state index contributed by atoms with van der Waals surface area (Å²) in [6.45, 7) is 1.98. The fourth-order valence-electron chi connectivity index (χ4n) is 2.59. The van der Waals surface area contributed by atoms with E-state index in [1.165, 1.54) is 0 Å². The third-order valence-electron chi connectivity index (χ3n) is 3.79. The van der Waals surface area contributed by atoms with Crippen molar-refractivity contribution in [2.24, 2.45) is 5.92 Å². The average molecular weight is 263 g/mol. The number of carbonyl (C=O) groups excluding carboxylic acids is 1. The molecule has 1 heterocycles. The van der Waals surface area contributed by atoms with Crippen LogP contribution < -0.4 is 5.32 Å². The van der Waals surface area contributed by atoms with Crippen molar-refractivity contribution >= 4 is 11.5 Å². The van der Waals surface area contributed by atoms with Crippen LogP contribution in [0.2, 0.25) is 0 Å². The highest BCUT2D eigenvalue weighted by Crippen LogP contribution is 2.30. The highest BCUT2D eigenvalue weighted by atomic mass is 16.1. The number of hydrogen-bond donors (Lipinski definition) is 1. The summed E-state index contributed by atoms with van der Waals surface area (Å²) in [4.78, 5) is 12.2.